The van der Waals surface area contributed by atoms with E-state index in [4.69, 9.17) is 15.9 Å². The number of morpholine rings is 1. The molecule has 1 aromatic rings. The van der Waals surface area contributed by atoms with Gasteiger partial charge in [-0.1, -0.05) is 30.3 Å². The van der Waals surface area contributed by atoms with Gasteiger partial charge in [0.15, 0.2) is 0 Å². The molecule has 2 aliphatic rings. The van der Waals surface area contributed by atoms with Gasteiger partial charge >= 0.3 is 10.2 Å². The summed E-state index contributed by atoms with van der Waals surface area (Å²) in [5.41, 5.74) is 6.63. The molecular weight excluding hydrogens is 318 g/mol. The Hall–Kier alpha value is -1.97. The van der Waals surface area contributed by atoms with E-state index in [0.717, 1.165) is 9.98 Å². The molecule has 1 fully saturated rings. The summed E-state index contributed by atoms with van der Waals surface area (Å²) >= 11 is 0. The smallest absolute Gasteiger partial charge is 0.319 e. The highest BCUT2D eigenvalue weighted by molar-refractivity contribution is 7.86. The molecule has 0 spiro atoms. The molecule has 3 rings (SSSR count). The van der Waals surface area contributed by atoms with E-state index >= 15 is 0 Å². The van der Waals surface area contributed by atoms with Crippen molar-refractivity contribution in [2.45, 2.75) is 12.5 Å². The summed E-state index contributed by atoms with van der Waals surface area (Å²) in [6, 6.07) is 8.78. The molecule has 1 unspecified atom stereocenters. The van der Waals surface area contributed by atoms with Gasteiger partial charge in [-0.05, 0) is 5.56 Å². The zero-order valence-corrected chi connectivity index (χ0v) is 13.4. The van der Waals surface area contributed by atoms with E-state index in [9.17, 15) is 8.42 Å². The number of hydrogen-bond donors (Lipinski definition) is 2. The third-order valence-corrected chi connectivity index (χ3v) is 5.73. The van der Waals surface area contributed by atoms with Crippen molar-refractivity contribution in [1.82, 2.24) is 8.72 Å². The third kappa shape index (κ3) is 3.07. The summed E-state index contributed by atoms with van der Waals surface area (Å²) in [6.07, 6.45) is 0.295. The molecular formula is C14H19N5O3S. The van der Waals surface area contributed by atoms with Crippen LogP contribution in [0.4, 0.5) is 0 Å². The maximum absolute atomic E-state index is 12.9. The van der Waals surface area contributed by atoms with Crippen LogP contribution in [0, 0.1) is 5.41 Å². The van der Waals surface area contributed by atoms with Gasteiger partial charge in [-0.3, -0.25) is 5.41 Å². The van der Waals surface area contributed by atoms with Crippen molar-refractivity contribution in [3.63, 3.8) is 0 Å². The van der Waals surface area contributed by atoms with Crippen LogP contribution in [0.3, 0.4) is 0 Å². The lowest BCUT2D eigenvalue weighted by Crippen LogP contribution is -2.47. The number of nitrogens with zero attached hydrogens (tertiary/aromatic N) is 3. The lowest BCUT2D eigenvalue weighted by molar-refractivity contribution is 0.0696. The highest BCUT2D eigenvalue weighted by Crippen LogP contribution is 2.34. The topological polar surface area (TPSA) is 112 Å². The Morgan fingerprint density at radius 2 is 1.91 bits per heavy atom. The number of hydrogen-bond acceptors (Lipinski definition) is 5. The Morgan fingerprint density at radius 1 is 1.26 bits per heavy atom. The minimum Gasteiger partial charge on any atom is -0.383 e. The van der Waals surface area contributed by atoms with Crippen molar-refractivity contribution >= 4 is 21.8 Å². The van der Waals surface area contributed by atoms with E-state index in [2.05, 4.69) is 5.10 Å². The van der Waals surface area contributed by atoms with E-state index in [1.807, 2.05) is 30.3 Å². The average molecular weight is 337 g/mol. The summed E-state index contributed by atoms with van der Waals surface area (Å²) in [6.45, 7) is 1.33. The standard InChI is InChI=1S/C14H19N5O3S/c15-14(16)12-10-13(11-4-2-1-3-5-11)19(17-12)23(20,21)18-6-8-22-9-7-18/h1-5,13H,6-10H2,(H3,15,16). The Labute approximate surface area is 135 Å². The predicted molar refractivity (Wildman–Crippen MR) is 86.3 cm³/mol. The van der Waals surface area contributed by atoms with Crippen LogP contribution in [0.1, 0.15) is 18.0 Å². The van der Waals surface area contributed by atoms with Crippen LogP contribution in [-0.2, 0) is 14.9 Å². The van der Waals surface area contributed by atoms with Gasteiger partial charge in [0.25, 0.3) is 0 Å². The van der Waals surface area contributed by atoms with Crippen LogP contribution in [0.15, 0.2) is 35.4 Å². The summed E-state index contributed by atoms with van der Waals surface area (Å²) in [7, 11) is -3.78. The molecule has 1 atom stereocenters. The fourth-order valence-corrected chi connectivity index (χ4v) is 4.25. The zero-order valence-electron chi connectivity index (χ0n) is 12.6. The van der Waals surface area contributed by atoms with Gasteiger partial charge < -0.3 is 10.5 Å². The number of ether oxygens (including phenoxy) is 1. The normalized spacial score (nSPS) is 22.9. The second-order valence-electron chi connectivity index (χ2n) is 5.38. The lowest BCUT2D eigenvalue weighted by Gasteiger charge is -2.32. The number of benzene rings is 1. The Balaban J connectivity index is 1.96. The minimum absolute atomic E-state index is 0.203. The molecule has 8 nitrogen and oxygen atoms in total. The quantitative estimate of drug-likeness (QED) is 0.608. The number of nitrogens with two attached hydrogens (primary N) is 1. The Bertz CT molecular complexity index is 713. The van der Waals surface area contributed by atoms with E-state index in [1.165, 1.54) is 4.31 Å². The maximum Gasteiger partial charge on any atom is 0.319 e. The Morgan fingerprint density at radius 3 is 2.52 bits per heavy atom. The van der Waals surface area contributed by atoms with Crippen molar-refractivity contribution in [1.29, 1.82) is 5.41 Å². The molecule has 3 N–H and O–H groups in total. The first-order valence-corrected chi connectivity index (χ1v) is 8.74. The van der Waals surface area contributed by atoms with Crippen molar-refractivity contribution in [2.24, 2.45) is 10.8 Å². The number of nitrogens with one attached hydrogen (secondary N) is 1. The summed E-state index contributed by atoms with van der Waals surface area (Å²) in [4.78, 5) is 0. The highest BCUT2D eigenvalue weighted by Gasteiger charge is 2.40. The zero-order chi connectivity index (χ0) is 16.4. The molecule has 1 saturated heterocycles. The molecule has 0 amide bonds. The maximum atomic E-state index is 12.9. The average Bonchev–Trinajstić information content (AvgIpc) is 3.03. The van der Waals surface area contributed by atoms with E-state index in [-0.39, 0.29) is 11.5 Å². The largest absolute Gasteiger partial charge is 0.383 e. The molecule has 0 bridgehead atoms. The highest BCUT2D eigenvalue weighted by atomic mass is 32.2. The van der Waals surface area contributed by atoms with Crippen LogP contribution < -0.4 is 5.73 Å². The predicted octanol–water partition coefficient (Wildman–Crippen LogP) is 0.302. The Kier molecular flexibility index (Phi) is 4.33. The van der Waals surface area contributed by atoms with E-state index in [1.54, 1.807) is 0 Å². The van der Waals surface area contributed by atoms with Crippen molar-refractivity contribution in [2.75, 3.05) is 26.3 Å². The molecule has 2 aliphatic heterocycles. The van der Waals surface area contributed by atoms with Gasteiger partial charge in [0.05, 0.1) is 19.3 Å². The fraction of sp³-hybridized carbons (Fsp3) is 0.429. The fourth-order valence-electron chi connectivity index (χ4n) is 2.68. The van der Waals surface area contributed by atoms with Crippen LogP contribution in [-0.4, -0.2) is 55.0 Å². The van der Waals surface area contributed by atoms with Crippen molar-refractivity contribution < 1.29 is 13.2 Å². The molecule has 0 aromatic heterocycles. The van der Waals surface area contributed by atoms with Gasteiger partial charge in [0.2, 0.25) is 0 Å². The van der Waals surface area contributed by atoms with Crippen LogP contribution >= 0.6 is 0 Å². The number of rotatable bonds is 4. The first kappa shape index (κ1) is 15.9. The number of hydrazone groups is 1. The van der Waals surface area contributed by atoms with Gasteiger partial charge in [0.1, 0.15) is 11.5 Å². The monoisotopic (exact) mass is 337 g/mol. The van der Waals surface area contributed by atoms with E-state index in [0.29, 0.717) is 32.7 Å². The summed E-state index contributed by atoms with van der Waals surface area (Å²) in [5.74, 6) is -0.203. The first-order valence-electron chi connectivity index (χ1n) is 7.34. The lowest BCUT2D eigenvalue weighted by atomic mass is 10.0. The number of amidine groups is 1. The SMILES string of the molecule is N=C(N)C1=NN(S(=O)(=O)N2CCOCC2)C(c2ccccc2)C1. The second-order valence-corrected chi connectivity index (χ2v) is 7.17. The molecule has 0 radical (unpaired) electrons. The van der Waals surface area contributed by atoms with Gasteiger partial charge in [-0.15, -0.1) is 0 Å². The van der Waals surface area contributed by atoms with Crippen LogP contribution in [0.25, 0.3) is 0 Å². The summed E-state index contributed by atoms with van der Waals surface area (Å²) in [5, 5.41) is 11.7. The first-order chi connectivity index (χ1) is 11.0. The molecule has 1 aromatic carbocycles. The van der Waals surface area contributed by atoms with Gasteiger partial charge in [-0.25, -0.2) is 0 Å². The van der Waals surface area contributed by atoms with Gasteiger partial charge in [0, 0.05) is 19.5 Å². The molecule has 2 heterocycles. The summed E-state index contributed by atoms with van der Waals surface area (Å²) < 4.78 is 33.5. The second kappa shape index (κ2) is 6.26. The molecule has 9 heteroatoms. The molecule has 23 heavy (non-hydrogen) atoms. The van der Waals surface area contributed by atoms with E-state index < -0.39 is 16.3 Å². The van der Waals surface area contributed by atoms with Crippen molar-refractivity contribution in [3.05, 3.63) is 35.9 Å². The van der Waals surface area contributed by atoms with Crippen LogP contribution in [0.2, 0.25) is 0 Å². The molecule has 0 aliphatic carbocycles. The van der Waals surface area contributed by atoms with Crippen molar-refractivity contribution in [3.8, 4) is 0 Å². The molecule has 124 valence electrons. The minimum atomic E-state index is -3.78. The van der Waals surface area contributed by atoms with Gasteiger partial charge in [-0.2, -0.15) is 22.2 Å². The third-order valence-electron chi connectivity index (χ3n) is 3.90. The van der Waals surface area contributed by atoms with Crippen LogP contribution in [0.5, 0.6) is 0 Å². The molecule has 0 saturated carbocycles.